The Morgan fingerprint density at radius 2 is 2.23 bits per heavy atom. The van der Waals surface area contributed by atoms with Crippen molar-refractivity contribution >= 4 is 23.0 Å². The Morgan fingerprint density at radius 3 is 2.69 bits per heavy atom. The molecule has 0 radical (unpaired) electrons. The highest BCUT2D eigenvalue weighted by Gasteiger charge is 2.28. The second-order valence-corrected chi connectivity index (χ2v) is 4.63. The molecule has 1 aliphatic rings. The van der Waals surface area contributed by atoms with Gasteiger partial charge in [-0.3, -0.25) is 4.90 Å². The summed E-state index contributed by atoms with van der Waals surface area (Å²) < 4.78 is 5.33. The fourth-order valence-electron chi connectivity index (χ4n) is 1.90. The Balaban J connectivity index is 2.36. The minimum absolute atomic E-state index is 0.465. The molecule has 1 aliphatic heterocycles. The van der Waals surface area contributed by atoms with E-state index in [-0.39, 0.29) is 0 Å². The molecule has 0 bridgehead atoms. The van der Waals surface area contributed by atoms with Gasteiger partial charge >= 0.3 is 0 Å². The van der Waals surface area contributed by atoms with Crippen LogP contribution in [0.15, 0.2) is 0 Å². The van der Waals surface area contributed by atoms with Crippen molar-refractivity contribution in [2.24, 2.45) is 5.92 Å². The van der Waals surface area contributed by atoms with Gasteiger partial charge in [0.2, 0.25) is 0 Å². The summed E-state index contributed by atoms with van der Waals surface area (Å²) in [5, 5.41) is 0. The molecule has 1 fully saturated rings. The maximum absolute atomic E-state index is 5.33. The van der Waals surface area contributed by atoms with E-state index in [0.29, 0.717) is 12.1 Å². The van der Waals surface area contributed by atoms with Crippen molar-refractivity contribution in [3.63, 3.8) is 0 Å². The Morgan fingerprint density at radius 1 is 1.54 bits per heavy atom. The Labute approximate surface area is 95.7 Å². The number of nitrogens with zero attached hydrogens (tertiary/aromatic N) is 1. The van der Waals surface area contributed by atoms with Crippen LogP contribution >= 0.6 is 23.0 Å². The molecule has 13 heavy (non-hydrogen) atoms. The van der Waals surface area contributed by atoms with Crippen LogP contribution < -0.4 is 0 Å². The zero-order valence-electron chi connectivity index (χ0n) is 8.79. The van der Waals surface area contributed by atoms with Gasteiger partial charge in [-0.1, -0.05) is 20.3 Å². The molecular weight excluding hydrogens is 277 g/mol. The van der Waals surface area contributed by atoms with E-state index in [1.807, 2.05) is 23.0 Å². The molecule has 3 atom stereocenters. The molecule has 0 N–H and O–H groups in total. The van der Waals surface area contributed by atoms with Crippen molar-refractivity contribution in [3.8, 4) is 0 Å². The maximum atomic E-state index is 5.33. The van der Waals surface area contributed by atoms with Crippen LogP contribution in [-0.4, -0.2) is 30.1 Å². The standard InChI is InChI=1S/C10H20INO/c1-4-8(2)9(3)12-6-5-10(7-12)13-11/h8-10H,4-7H2,1-3H3/t8?,9?,10-/m1/s1. The summed E-state index contributed by atoms with van der Waals surface area (Å²) in [7, 11) is 0. The van der Waals surface area contributed by atoms with Gasteiger partial charge in [-0.2, -0.15) is 0 Å². The minimum atomic E-state index is 0.465. The Bertz CT molecular complexity index is 154. The van der Waals surface area contributed by atoms with Crippen LogP contribution in [0, 0.1) is 5.92 Å². The normalized spacial score (nSPS) is 29.1. The number of halogens is 1. The molecular formula is C10H20INO. The van der Waals surface area contributed by atoms with Crippen molar-refractivity contribution in [1.29, 1.82) is 0 Å². The van der Waals surface area contributed by atoms with Gasteiger partial charge in [0.05, 0.1) is 6.10 Å². The molecule has 0 aliphatic carbocycles. The molecule has 0 amide bonds. The summed E-state index contributed by atoms with van der Waals surface area (Å²) in [4.78, 5) is 2.55. The SMILES string of the molecule is CCC(C)C(C)N1CC[C@@H](OI)C1. The van der Waals surface area contributed by atoms with Crippen LogP contribution in [-0.2, 0) is 3.07 Å². The van der Waals surface area contributed by atoms with Gasteiger partial charge in [0.15, 0.2) is 0 Å². The summed E-state index contributed by atoms with van der Waals surface area (Å²) in [6.07, 6.45) is 2.93. The highest BCUT2D eigenvalue weighted by Crippen LogP contribution is 2.22. The predicted octanol–water partition coefficient (Wildman–Crippen LogP) is 2.86. The van der Waals surface area contributed by atoms with Crippen molar-refractivity contribution in [1.82, 2.24) is 4.90 Å². The van der Waals surface area contributed by atoms with Crippen LogP contribution in [0.2, 0.25) is 0 Å². The van der Waals surface area contributed by atoms with E-state index in [0.717, 1.165) is 12.5 Å². The first-order chi connectivity index (χ1) is 6.19. The first-order valence-electron chi connectivity index (χ1n) is 5.20. The third kappa shape index (κ3) is 3.06. The first kappa shape index (κ1) is 11.7. The highest BCUT2D eigenvalue weighted by atomic mass is 127. The summed E-state index contributed by atoms with van der Waals surface area (Å²) in [6.45, 7) is 9.27. The molecule has 0 saturated carbocycles. The summed E-state index contributed by atoms with van der Waals surface area (Å²) in [6, 6.07) is 0.710. The van der Waals surface area contributed by atoms with Gasteiger partial charge in [0.1, 0.15) is 23.0 Å². The van der Waals surface area contributed by atoms with Crippen LogP contribution in [0.25, 0.3) is 0 Å². The van der Waals surface area contributed by atoms with E-state index in [1.54, 1.807) is 0 Å². The number of hydrogen-bond acceptors (Lipinski definition) is 2. The second kappa shape index (κ2) is 5.51. The Hall–Kier alpha value is 0.650. The van der Waals surface area contributed by atoms with Gasteiger partial charge in [0.25, 0.3) is 0 Å². The molecule has 0 aromatic heterocycles. The van der Waals surface area contributed by atoms with E-state index in [2.05, 4.69) is 25.7 Å². The molecule has 1 saturated heterocycles. The van der Waals surface area contributed by atoms with Gasteiger partial charge in [-0.25, -0.2) is 0 Å². The van der Waals surface area contributed by atoms with Crippen molar-refractivity contribution in [2.45, 2.75) is 45.8 Å². The summed E-state index contributed by atoms with van der Waals surface area (Å²) in [5.74, 6) is 0.799. The molecule has 0 aromatic carbocycles. The third-order valence-electron chi connectivity index (χ3n) is 3.35. The predicted molar refractivity (Wildman–Crippen MR) is 64.0 cm³/mol. The minimum Gasteiger partial charge on any atom is -0.311 e. The van der Waals surface area contributed by atoms with Gasteiger partial charge < -0.3 is 3.07 Å². The van der Waals surface area contributed by atoms with Crippen molar-refractivity contribution < 1.29 is 3.07 Å². The number of rotatable bonds is 4. The van der Waals surface area contributed by atoms with E-state index in [9.17, 15) is 0 Å². The second-order valence-electron chi connectivity index (χ2n) is 4.12. The molecule has 1 rings (SSSR count). The highest BCUT2D eigenvalue weighted by molar-refractivity contribution is 14.1. The molecule has 3 heteroatoms. The van der Waals surface area contributed by atoms with Crippen molar-refractivity contribution in [3.05, 3.63) is 0 Å². The Kier molecular flexibility index (Phi) is 4.97. The van der Waals surface area contributed by atoms with Crippen LogP contribution in [0.3, 0.4) is 0 Å². The zero-order valence-corrected chi connectivity index (χ0v) is 11.0. The lowest BCUT2D eigenvalue weighted by molar-refractivity contribution is 0.175. The average Bonchev–Trinajstić information content (AvgIpc) is 2.63. The van der Waals surface area contributed by atoms with Crippen LogP contribution in [0.4, 0.5) is 0 Å². The number of likely N-dealkylation sites (tertiary alicyclic amines) is 1. The van der Waals surface area contributed by atoms with Crippen LogP contribution in [0.5, 0.6) is 0 Å². The fraction of sp³-hybridized carbons (Fsp3) is 1.00. The lowest BCUT2D eigenvalue weighted by atomic mass is 10.00. The van der Waals surface area contributed by atoms with Crippen LogP contribution in [0.1, 0.15) is 33.6 Å². The summed E-state index contributed by atoms with van der Waals surface area (Å²) >= 11 is 2.02. The zero-order chi connectivity index (χ0) is 9.84. The topological polar surface area (TPSA) is 12.5 Å². The lowest BCUT2D eigenvalue weighted by Gasteiger charge is -2.28. The molecule has 1 heterocycles. The molecule has 2 unspecified atom stereocenters. The smallest absolute Gasteiger partial charge is 0.110 e. The largest absolute Gasteiger partial charge is 0.311 e. The monoisotopic (exact) mass is 297 g/mol. The van der Waals surface area contributed by atoms with E-state index in [4.69, 9.17) is 3.07 Å². The van der Waals surface area contributed by atoms with E-state index in [1.165, 1.54) is 19.4 Å². The summed E-state index contributed by atoms with van der Waals surface area (Å²) in [5.41, 5.74) is 0. The van der Waals surface area contributed by atoms with Gasteiger partial charge in [-0.05, 0) is 19.3 Å². The maximum Gasteiger partial charge on any atom is 0.110 e. The molecule has 2 nitrogen and oxygen atoms in total. The lowest BCUT2D eigenvalue weighted by Crippen LogP contribution is -2.36. The average molecular weight is 297 g/mol. The van der Waals surface area contributed by atoms with E-state index < -0.39 is 0 Å². The third-order valence-corrected chi connectivity index (χ3v) is 4.07. The first-order valence-corrected chi connectivity index (χ1v) is 6.08. The van der Waals surface area contributed by atoms with E-state index >= 15 is 0 Å². The fourth-order valence-corrected chi connectivity index (χ4v) is 2.31. The van der Waals surface area contributed by atoms with Crippen molar-refractivity contribution in [2.75, 3.05) is 13.1 Å². The molecule has 0 aromatic rings. The van der Waals surface area contributed by atoms with Gasteiger partial charge in [0, 0.05) is 19.1 Å². The number of hydrogen-bond donors (Lipinski definition) is 0. The molecule has 78 valence electrons. The quantitative estimate of drug-likeness (QED) is 0.740. The molecule has 0 spiro atoms. The van der Waals surface area contributed by atoms with Gasteiger partial charge in [-0.15, -0.1) is 0 Å².